The monoisotopic (exact) mass is 564 g/mol. The topological polar surface area (TPSA) is 49.4 Å². The van der Waals surface area contributed by atoms with Gasteiger partial charge in [-0.05, 0) is 53.1 Å². The summed E-state index contributed by atoms with van der Waals surface area (Å²) in [6, 6.07) is 20.6. The molecule has 182 valence electrons. The van der Waals surface area contributed by atoms with Gasteiger partial charge in [0.05, 0.1) is 15.8 Å². The van der Waals surface area contributed by atoms with Crippen LogP contribution in [0.3, 0.4) is 0 Å². The minimum atomic E-state index is -0.111. The fourth-order valence-electron chi connectivity index (χ4n) is 3.65. The van der Waals surface area contributed by atoms with Crippen LogP contribution in [0.25, 0.3) is 0 Å². The molecule has 0 unspecified atom stereocenters. The molecule has 1 atom stereocenters. The van der Waals surface area contributed by atoms with Crippen molar-refractivity contribution in [3.05, 3.63) is 104 Å². The van der Waals surface area contributed by atoms with Crippen molar-refractivity contribution in [2.45, 2.75) is 17.7 Å². The highest BCUT2D eigenvalue weighted by atomic mass is 35.5. The lowest BCUT2D eigenvalue weighted by atomic mass is 10.1. The Morgan fingerprint density at radius 2 is 1.69 bits per heavy atom. The molecule has 1 fully saturated rings. The molecule has 3 aromatic carbocycles. The maximum absolute atomic E-state index is 12.5. The molecule has 4 rings (SSSR count). The number of benzene rings is 3. The Balaban J connectivity index is 1.27. The predicted molar refractivity (Wildman–Crippen MR) is 149 cm³/mol. The second-order valence-corrected chi connectivity index (χ2v) is 11.4. The fourth-order valence-corrected chi connectivity index (χ4v) is 6.09. The molecule has 0 saturated carbocycles. The first-order valence-corrected chi connectivity index (χ1v) is 14.3. The van der Waals surface area contributed by atoms with E-state index in [0.717, 1.165) is 28.2 Å². The fraction of sp³-hybridized carbons (Fsp3) is 0.231. The smallest absolute Gasteiger partial charge is 0.251 e. The van der Waals surface area contributed by atoms with Gasteiger partial charge >= 0.3 is 0 Å². The lowest BCUT2D eigenvalue weighted by molar-refractivity contribution is -0.128. The Hall–Kier alpha value is -1.83. The predicted octanol–water partition coefficient (Wildman–Crippen LogP) is 7.08. The van der Waals surface area contributed by atoms with Crippen molar-refractivity contribution in [2.75, 3.05) is 18.1 Å². The van der Waals surface area contributed by atoms with Crippen LogP contribution in [0.5, 0.6) is 0 Å². The Kier molecular flexibility index (Phi) is 9.31. The van der Waals surface area contributed by atoms with Gasteiger partial charge in [0, 0.05) is 35.2 Å². The Morgan fingerprint density at radius 1 is 0.971 bits per heavy atom. The molecule has 1 aliphatic heterocycles. The van der Waals surface area contributed by atoms with E-state index >= 15 is 0 Å². The van der Waals surface area contributed by atoms with Gasteiger partial charge in [-0.2, -0.15) is 11.8 Å². The number of carbonyl (C=O) groups is 2. The summed E-state index contributed by atoms with van der Waals surface area (Å²) in [6.45, 7) is 1.09. The van der Waals surface area contributed by atoms with E-state index in [0.29, 0.717) is 39.5 Å². The van der Waals surface area contributed by atoms with Gasteiger partial charge in [-0.25, -0.2) is 0 Å². The second-order valence-electron chi connectivity index (χ2n) is 7.99. The van der Waals surface area contributed by atoms with Crippen LogP contribution in [0.1, 0.15) is 32.4 Å². The summed E-state index contributed by atoms with van der Waals surface area (Å²) >= 11 is 21.3. The molecule has 1 saturated heterocycles. The van der Waals surface area contributed by atoms with Gasteiger partial charge in [-0.1, -0.05) is 65.1 Å². The zero-order chi connectivity index (χ0) is 24.8. The van der Waals surface area contributed by atoms with Crippen LogP contribution >= 0.6 is 58.3 Å². The molecule has 9 heteroatoms. The average molecular weight is 566 g/mol. The molecule has 4 nitrogen and oxygen atoms in total. The number of carbonyl (C=O) groups excluding carboxylic acids is 2. The largest absolute Gasteiger partial charge is 0.351 e. The van der Waals surface area contributed by atoms with E-state index in [9.17, 15) is 9.59 Å². The van der Waals surface area contributed by atoms with Crippen molar-refractivity contribution >= 4 is 70.1 Å². The Labute approximate surface area is 228 Å². The number of hydrogen-bond acceptors (Lipinski definition) is 4. The van der Waals surface area contributed by atoms with Gasteiger partial charge < -0.3 is 10.2 Å². The molecule has 0 aromatic heterocycles. The van der Waals surface area contributed by atoms with Crippen LogP contribution in [-0.2, 0) is 17.1 Å². The van der Waals surface area contributed by atoms with Crippen molar-refractivity contribution in [3.63, 3.8) is 0 Å². The highest BCUT2D eigenvalue weighted by Gasteiger charge is 2.32. The van der Waals surface area contributed by atoms with Crippen LogP contribution < -0.4 is 5.32 Å². The third-order valence-electron chi connectivity index (χ3n) is 5.48. The lowest BCUT2D eigenvalue weighted by Gasteiger charge is -2.24. The first-order valence-electron chi connectivity index (χ1n) is 11.0. The van der Waals surface area contributed by atoms with Gasteiger partial charge in [0.15, 0.2) is 0 Å². The molecular weight excluding hydrogens is 543 g/mol. The zero-order valence-corrected chi connectivity index (χ0v) is 22.6. The van der Waals surface area contributed by atoms with E-state index in [-0.39, 0.29) is 17.2 Å². The number of amides is 2. The molecule has 3 aromatic rings. The normalized spacial score (nSPS) is 15.5. The van der Waals surface area contributed by atoms with E-state index in [1.807, 2.05) is 65.6 Å². The highest BCUT2D eigenvalue weighted by Crippen LogP contribution is 2.39. The molecule has 1 heterocycles. The summed E-state index contributed by atoms with van der Waals surface area (Å²) in [6.07, 6.45) is 0. The Morgan fingerprint density at radius 3 is 2.40 bits per heavy atom. The van der Waals surface area contributed by atoms with Gasteiger partial charge in [0.1, 0.15) is 5.37 Å². The first-order chi connectivity index (χ1) is 16.9. The van der Waals surface area contributed by atoms with Crippen molar-refractivity contribution < 1.29 is 9.59 Å². The maximum atomic E-state index is 12.5. The van der Waals surface area contributed by atoms with E-state index in [1.165, 1.54) is 0 Å². The first kappa shape index (κ1) is 26.2. The third kappa shape index (κ3) is 7.11. The number of nitrogens with zero attached hydrogens (tertiary/aromatic N) is 1. The van der Waals surface area contributed by atoms with Crippen molar-refractivity contribution in [1.82, 2.24) is 10.2 Å². The summed E-state index contributed by atoms with van der Waals surface area (Å²) < 4.78 is 0. The summed E-state index contributed by atoms with van der Waals surface area (Å²) in [5.41, 5.74) is 3.73. The molecule has 0 radical (unpaired) electrons. The number of halogens is 3. The summed E-state index contributed by atoms with van der Waals surface area (Å²) in [7, 11) is 0. The van der Waals surface area contributed by atoms with Crippen LogP contribution in [0.15, 0.2) is 66.7 Å². The molecule has 0 bridgehead atoms. The Bertz CT molecular complexity index is 1190. The minimum absolute atomic E-state index is 0.0759. The molecule has 0 aliphatic carbocycles. The number of nitrogens with one attached hydrogen (secondary N) is 1. The second kappa shape index (κ2) is 12.4. The summed E-state index contributed by atoms with van der Waals surface area (Å²) in [4.78, 5) is 26.9. The van der Waals surface area contributed by atoms with Crippen LogP contribution in [0.2, 0.25) is 15.1 Å². The van der Waals surface area contributed by atoms with Gasteiger partial charge in [0.2, 0.25) is 5.91 Å². The van der Waals surface area contributed by atoms with Crippen molar-refractivity contribution in [3.8, 4) is 0 Å². The van der Waals surface area contributed by atoms with Crippen LogP contribution in [0.4, 0.5) is 0 Å². The third-order valence-corrected chi connectivity index (χ3v) is 8.75. The molecular formula is C26H23Cl3N2O2S2. The van der Waals surface area contributed by atoms with Crippen molar-refractivity contribution in [1.29, 1.82) is 0 Å². The highest BCUT2D eigenvalue weighted by molar-refractivity contribution is 8.00. The van der Waals surface area contributed by atoms with E-state index in [1.54, 1.807) is 29.6 Å². The summed E-state index contributed by atoms with van der Waals surface area (Å²) in [5, 5.41) is 4.66. The van der Waals surface area contributed by atoms with Gasteiger partial charge in [-0.3, -0.25) is 9.59 Å². The van der Waals surface area contributed by atoms with Crippen LogP contribution in [-0.4, -0.2) is 34.8 Å². The molecule has 0 spiro atoms. The molecule has 1 aliphatic rings. The lowest BCUT2D eigenvalue weighted by Crippen LogP contribution is -2.28. The SMILES string of the molecule is O=C(NCCSCc1ccc(Cl)c(Cl)c1)c1ccc([C@@H]2SCC(=O)N2Cc2ccc(Cl)cc2)cc1. The van der Waals surface area contributed by atoms with E-state index < -0.39 is 0 Å². The zero-order valence-electron chi connectivity index (χ0n) is 18.7. The standard InChI is InChI=1S/C26H23Cl3N2O2S2/c27-21-8-1-17(2-9-21)14-31-24(32)16-35-26(31)20-6-4-19(5-7-20)25(33)30-11-12-34-15-18-3-10-22(28)23(29)13-18/h1-10,13,26H,11-12,14-16H2,(H,30,33)/t26-/m0/s1. The minimum Gasteiger partial charge on any atom is -0.351 e. The molecule has 2 amide bonds. The van der Waals surface area contributed by atoms with Gasteiger partial charge in [0.25, 0.3) is 5.91 Å². The van der Waals surface area contributed by atoms with Gasteiger partial charge in [-0.15, -0.1) is 11.8 Å². The maximum Gasteiger partial charge on any atom is 0.251 e. The quantitative estimate of drug-likeness (QED) is 0.282. The van der Waals surface area contributed by atoms with Crippen molar-refractivity contribution in [2.24, 2.45) is 0 Å². The molecule has 1 N–H and O–H groups in total. The van der Waals surface area contributed by atoms with Crippen LogP contribution in [0, 0.1) is 0 Å². The number of hydrogen-bond donors (Lipinski definition) is 1. The van der Waals surface area contributed by atoms with E-state index in [4.69, 9.17) is 34.8 Å². The number of thioether (sulfide) groups is 2. The molecule has 35 heavy (non-hydrogen) atoms. The number of rotatable bonds is 9. The van der Waals surface area contributed by atoms with E-state index in [2.05, 4.69) is 5.32 Å². The average Bonchev–Trinajstić information content (AvgIpc) is 3.22. The summed E-state index contributed by atoms with van der Waals surface area (Å²) in [5.74, 6) is 2.02.